The van der Waals surface area contributed by atoms with E-state index in [4.69, 9.17) is 0 Å². The molecule has 1 saturated carbocycles. The van der Waals surface area contributed by atoms with Crippen molar-refractivity contribution in [3.8, 4) is 0 Å². The maximum atomic E-state index is 11.2. The topological polar surface area (TPSA) is 40.5 Å². The first-order valence-electron chi connectivity index (χ1n) is 5.63. The largest absolute Gasteiger partial charge is 0.381 e. The van der Waals surface area contributed by atoms with E-state index < -0.39 is 6.10 Å². The number of ketones is 1. The predicted octanol–water partition coefficient (Wildman–Crippen LogP) is 1.59. The third-order valence-corrected chi connectivity index (χ3v) is 3.14. The lowest BCUT2D eigenvalue weighted by atomic mass is 9.94. The van der Waals surface area contributed by atoms with Crippen LogP contribution < -0.4 is 0 Å². The molecule has 0 spiro atoms. The highest BCUT2D eigenvalue weighted by atomic mass is 16.3. The molecule has 3 nitrogen and oxygen atoms in total. The summed E-state index contributed by atoms with van der Waals surface area (Å²) in [6.07, 6.45) is 11.9. The van der Waals surface area contributed by atoms with E-state index in [1.165, 1.54) is 38.2 Å². The van der Waals surface area contributed by atoms with E-state index in [0.717, 1.165) is 0 Å². The molecule has 0 amide bonds. The number of rotatable bonds is 1. The number of carbonyl (C=O) groups is 1. The van der Waals surface area contributed by atoms with Crippen LogP contribution in [-0.2, 0) is 4.79 Å². The van der Waals surface area contributed by atoms with Gasteiger partial charge in [-0.3, -0.25) is 4.79 Å². The first-order valence-corrected chi connectivity index (χ1v) is 5.63. The highest BCUT2D eigenvalue weighted by Gasteiger charge is 2.19. The van der Waals surface area contributed by atoms with Crippen molar-refractivity contribution in [2.75, 3.05) is 0 Å². The van der Waals surface area contributed by atoms with Crippen LogP contribution >= 0.6 is 0 Å². The highest BCUT2D eigenvalue weighted by Crippen LogP contribution is 2.23. The zero-order valence-corrected chi connectivity index (χ0v) is 8.80. The van der Waals surface area contributed by atoms with Crippen molar-refractivity contribution in [1.82, 2.24) is 4.90 Å². The summed E-state index contributed by atoms with van der Waals surface area (Å²) in [6.45, 7) is 0. The molecule has 2 aliphatic rings. The van der Waals surface area contributed by atoms with E-state index in [9.17, 15) is 9.90 Å². The number of nitrogens with zero attached hydrogens (tertiary/aromatic N) is 1. The molecule has 1 heterocycles. The van der Waals surface area contributed by atoms with Gasteiger partial charge in [-0.25, -0.2) is 0 Å². The molecule has 1 fully saturated rings. The van der Waals surface area contributed by atoms with Gasteiger partial charge in [-0.1, -0.05) is 19.3 Å². The van der Waals surface area contributed by atoms with Crippen LogP contribution in [0.2, 0.25) is 0 Å². The average molecular weight is 207 g/mol. The second-order valence-electron chi connectivity index (χ2n) is 4.24. The van der Waals surface area contributed by atoms with Gasteiger partial charge in [0, 0.05) is 24.5 Å². The minimum absolute atomic E-state index is 0.232. The third kappa shape index (κ3) is 2.48. The van der Waals surface area contributed by atoms with Crippen LogP contribution in [0.4, 0.5) is 0 Å². The van der Waals surface area contributed by atoms with Crippen LogP contribution in [0.3, 0.4) is 0 Å². The SMILES string of the molecule is O=C1C=CN(C2CCCCC2)C=CC1O. The molecule has 2 rings (SSSR count). The van der Waals surface area contributed by atoms with Gasteiger partial charge in [0.05, 0.1) is 0 Å². The number of carbonyl (C=O) groups excluding carboxylic acids is 1. The summed E-state index contributed by atoms with van der Waals surface area (Å²) >= 11 is 0. The van der Waals surface area contributed by atoms with Crippen LogP contribution in [0.1, 0.15) is 32.1 Å². The molecule has 0 aromatic heterocycles. The van der Waals surface area contributed by atoms with Gasteiger partial charge in [-0.05, 0) is 18.9 Å². The molecule has 1 N–H and O–H groups in total. The summed E-state index contributed by atoms with van der Waals surface area (Å²) in [5.41, 5.74) is 0. The Labute approximate surface area is 90.1 Å². The first-order chi connectivity index (χ1) is 7.27. The van der Waals surface area contributed by atoms with Crippen LogP contribution in [-0.4, -0.2) is 27.9 Å². The quantitative estimate of drug-likeness (QED) is 0.710. The van der Waals surface area contributed by atoms with Gasteiger partial charge in [-0.2, -0.15) is 0 Å². The standard InChI is InChI=1S/C12H17NO2/c14-11-6-8-13(9-7-12(11)15)10-4-2-1-3-5-10/h6-11,14H,1-5H2. The monoisotopic (exact) mass is 207 g/mol. The van der Waals surface area contributed by atoms with E-state index in [2.05, 4.69) is 4.90 Å². The molecule has 0 aromatic rings. The predicted molar refractivity (Wildman–Crippen MR) is 58.0 cm³/mol. The minimum Gasteiger partial charge on any atom is -0.381 e. The summed E-state index contributed by atoms with van der Waals surface area (Å²) < 4.78 is 0. The van der Waals surface area contributed by atoms with E-state index in [-0.39, 0.29) is 5.78 Å². The van der Waals surface area contributed by atoms with Gasteiger partial charge in [-0.15, -0.1) is 0 Å². The van der Waals surface area contributed by atoms with E-state index >= 15 is 0 Å². The highest BCUT2D eigenvalue weighted by molar-refractivity contribution is 5.94. The number of hydrogen-bond acceptors (Lipinski definition) is 3. The molecule has 3 heteroatoms. The van der Waals surface area contributed by atoms with Crippen LogP contribution in [0, 0.1) is 0 Å². The summed E-state index contributed by atoms with van der Waals surface area (Å²) in [7, 11) is 0. The van der Waals surface area contributed by atoms with Crippen molar-refractivity contribution in [3.05, 3.63) is 24.6 Å². The average Bonchev–Trinajstić information content (AvgIpc) is 2.44. The normalized spacial score (nSPS) is 28.2. The van der Waals surface area contributed by atoms with Crippen molar-refractivity contribution in [3.63, 3.8) is 0 Å². The van der Waals surface area contributed by atoms with Gasteiger partial charge < -0.3 is 10.0 Å². The van der Waals surface area contributed by atoms with Gasteiger partial charge in [0.15, 0.2) is 5.78 Å². The summed E-state index contributed by atoms with van der Waals surface area (Å²) in [6, 6.07) is 0.504. The van der Waals surface area contributed by atoms with Gasteiger partial charge >= 0.3 is 0 Å². The summed E-state index contributed by atoms with van der Waals surface area (Å²) in [5, 5.41) is 9.36. The first kappa shape index (κ1) is 10.4. The molecule has 1 aliphatic carbocycles. The molecule has 1 unspecified atom stereocenters. The van der Waals surface area contributed by atoms with Crippen LogP contribution in [0.25, 0.3) is 0 Å². The third-order valence-electron chi connectivity index (χ3n) is 3.14. The molecule has 15 heavy (non-hydrogen) atoms. The minimum atomic E-state index is -0.963. The lowest BCUT2D eigenvalue weighted by molar-refractivity contribution is -0.120. The molecule has 0 radical (unpaired) electrons. The van der Waals surface area contributed by atoms with Gasteiger partial charge in [0.1, 0.15) is 6.10 Å². The van der Waals surface area contributed by atoms with Crippen molar-refractivity contribution in [2.24, 2.45) is 0 Å². The molecule has 1 aliphatic heterocycles. The fourth-order valence-electron chi connectivity index (χ4n) is 2.21. The Kier molecular flexibility index (Phi) is 3.21. The maximum absolute atomic E-state index is 11.2. The molecule has 82 valence electrons. The van der Waals surface area contributed by atoms with Crippen LogP contribution in [0.5, 0.6) is 0 Å². The van der Waals surface area contributed by atoms with Crippen molar-refractivity contribution < 1.29 is 9.90 Å². The van der Waals surface area contributed by atoms with Crippen LogP contribution in [0.15, 0.2) is 24.6 Å². The fourth-order valence-corrected chi connectivity index (χ4v) is 2.21. The Bertz CT molecular complexity index is 290. The Balaban J connectivity index is 2.05. The zero-order valence-electron chi connectivity index (χ0n) is 8.80. The second kappa shape index (κ2) is 4.62. The van der Waals surface area contributed by atoms with Crippen molar-refractivity contribution in [1.29, 1.82) is 0 Å². The fraction of sp³-hybridized carbons (Fsp3) is 0.583. The lowest BCUT2D eigenvalue weighted by Gasteiger charge is -2.30. The van der Waals surface area contributed by atoms with Crippen molar-refractivity contribution >= 4 is 5.78 Å². The lowest BCUT2D eigenvalue weighted by Crippen LogP contribution is -2.28. The van der Waals surface area contributed by atoms with E-state index in [0.29, 0.717) is 6.04 Å². The Morgan fingerprint density at radius 3 is 2.67 bits per heavy atom. The molecule has 0 saturated heterocycles. The molecular weight excluding hydrogens is 190 g/mol. The second-order valence-corrected chi connectivity index (χ2v) is 4.24. The van der Waals surface area contributed by atoms with E-state index in [1.807, 2.05) is 6.20 Å². The Morgan fingerprint density at radius 2 is 1.93 bits per heavy atom. The maximum Gasteiger partial charge on any atom is 0.189 e. The molecular formula is C12H17NO2. The van der Waals surface area contributed by atoms with E-state index in [1.54, 1.807) is 12.3 Å². The molecule has 1 atom stereocenters. The Morgan fingerprint density at radius 1 is 1.20 bits per heavy atom. The van der Waals surface area contributed by atoms with Gasteiger partial charge in [0.2, 0.25) is 0 Å². The number of aliphatic hydroxyl groups is 1. The smallest absolute Gasteiger partial charge is 0.189 e. The number of aliphatic hydroxyl groups excluding tert-OH is 1. The number of hydrogen-bond donors (Lipinski definition) is 1. The molecule has 0 bridgehead atoms. The Hall–Kier alpha value is -1.09. The summed E-state index contributed by atoms with van der Waals surface area (Å²) in [5.74, 6) is -0.232. The molecule has 0 aromatic carbocycles. The van der Waals surface area contributed by atoms with Crippen molar-refractivity contribution in [2.45, 2.75) is 44.2 Å². The van der Waals surface area contributed by atoms with Gasteiger partial charge in [0.25, 0.3) is 0 Å². The summed E-state index contributed by atoms with van der Waals surface area (Å²) in [4.78, 5) is 13.3. The zero-order chi connectivity index (χ0) is 10.7.